The molecule has 0 aromatic carbocycles. The third-order valence-electron chi connectivity index (χ3n) is 5.34. The van der Waals surface area contributed by atoms with Gasteiger partial charge in [0.2, 0.25) is 11.9 Å². The lowest BCUT2D eigenvalue weighted by atomic mass is 10.0. The monoisotopic (exact) mass is 345 g/mol. The molecule has 0 aliphatic carbocycles. The first-order valence-corrected chi connectivity index (χ1v) is 9.85. The molecule has 2 aliphatic rings. The molecule has 1 aromatic rings. The van der Waals surface area contributed by atoms with Gasteiger partial charge in [0.15, 0.2) is 0 Å². The van der Waals surface area contributed by atoms with Crippen molar-refractivity contribution < 1.29 is 4.79 Å². The first kappa shape index (κ1) is 18.1. The molecule has 2 saturated heterocycles. The molecule has 0 unspecified atom stereocenters. The van der Waals surface area contributed by atoms with Gasteiger partial charge in [0.05, 0.1) is 0 Å². The number of piperidine rings is 1. The van der Waals surface area contributed by atoms with E-state index in [-0.39, 0.29) is 0 Å². The number of carbonyl (C=O) groups excluding carboxylic acids is 1. The van der Waals surface area contributed by atoms with Gasteiger partial charge < -0.3 is 15.1 Å². The van der Waals surface area contributed by atoms with E-state index < -0.39 is 0 Å². The summed E-state index contributed by atoms with van der Waals surface area (Å²) in [6, 6.07) is 2.18. The van der Waals surface area contributed by atoms with E-state index in [1.165, 1.54) is 32.1 Å². The van der Waals surface area contributed by atoms with Crippen molar-refractivity contribution in [2.75, 3.05) is 38.0 Å². The van der Waals surface area contributed by atoms with Crippen molar-refractivity contribution >= 4 is 11.9 Å². The Balaban J connectivity index is 1.36. The van der Waals surface area contributed by atoms with Crippen LogP contribution in [0.2, 0.25) is 0 Å². The number of carbonyl (C=O) groups is 1. The number of likely N-dealkylation sites (tertiary alicyclic amines) is 2. The molecule has 0 atom stereocenters. The van der Waals surface area contributed by atoms with Crippen molar-refractivity contribution in [1.29, 1.82) is 0 Å². The number of hydrogen-bond donors (Lipinski definition) is 1. The van der Waals surface area contributed by atoms with Gasteiger partial charge in [-0.2, -0.15) is 0 Å². The van der Waals surface area contributed by atoms with Gasteiger partial charge in [0, 0.05) is 44.5 Å². The van der Waals surface area contributed by atoms with Crippen molar-refractivity contribution in [3.8, 4) is 0 Å². The van der Waals surface area contributed by atoms with Crippen LogP contribution in [-0.2, 0) is 4.79 Å². The summed E-state index contributed by atoms with van der Waals surface area (Å²) >= 11 is 0. The summed E-state index contributed by atoms with van der Waals surface area (Å²) in [7, 11) is 0. The van der Waals surface area contributed by atoms with Gasteiger partial charge in [0.25, 0.3) is 0 Å². The van der Waals surface area contributed by atoms with Gasteiger partial charge in [0.1, 0.15) is 0 Å². The maximum absolute atomic E-state index is 12.5. The summed E-state index contributed by atoms with van der Waals surface area (Å²) < 4.78 is 0. The van der Waals surface area contributed by atoms with Gasteiger partial charge in [-0.05, 0) is 44.8 Å². The highest BCUT2D eigenvalue weighted by molar-refractivity contribution is 5.76. The molecule has 0 bridgehead atoms. The average molecular weight is 345 g/mol. The highest BCUT2D eigenvalue weighted by Crippen LogP contribution is 2.15. The minimum atomic E-state index is 0.316. The Bertz CT molecular complexity index is 508. The molecule has 2 aliphatic heterocycles. The number of aromatic nitrogens is 2. The van der Waals surface area contributed by atoms with E-state index in [4.69, 9.17) is 0 Å². The zero-order valence-electron chi connectivity index (χ0n) is 15.2. The number of nitrogens with one attached hydrogen (secondary N) is 1. The van der Waals surface area contributed by atoms with Crippen LogP contribution in [0.15, 0.2) is 18.5 Å². The molecule has 3 rings (SSSR count). The molecule has 1 amide bonds. The third kappa shape index (κ3) is 5.96. The minimum absolute atomic E-state index is 0.316. The molecule has 1 N–H and O–H groups in total. The lowest BCUT2D eigenvalue weighted by molar-refractivity contribution is -0.132. The SMILES string of the molecule is O=C(CCN1CCCCCCC1)N1CCC(Nc2ncccn2)CC1. The number of amides is 1. The summed E-state index contributed by atoms with van der Waals surface area (Å²) in [4.78, 5) is 25.5. The first-order valence-electron chi connectivity index (χ1n) is 9.85. The lowest BCUT2D eigenvalue weighted by Crippen LogP contribution is -2.43. The Hall–Kier alpha value is -1.69. The molecule has 138 valence electrons. The number of hydrogen-bond acceptors (Lipinski definition) is 5. The normalized spacial score (nSPS) is 20.7. The molecule has 6 heteroatoms. The Morgan fingerprint density at radius 1 is 1.00 bits per heavy atom. The topological polar surface area (TPSA) is 61.4 Å². The molecule has 6 nitrogen and oxygen atoms in total. The molecule has 3 heterocycles. The van der Waals surface area contributed by atoms with E-state index >= 15 is 0 Å². The highest BCUT2D eigenvalue weighted by atomic mass is 16.2. The van der Waals surface area contributed by atoms with E-state index in [1.54, 1.807) is 12.4 Å². The third-order valence-corrected chi connectivity index (χ3v) is 5.34. The van der Waals surface area contributed by atoms with E-state index in [2.05, 4.69) is 20.2 Å². The predicted molar refractivity (Wildman–Crippen MR) is 99.4 cm³/mol. The second-order valence-corrected chi connectivity index (χ2v) is 7.23. The van der Waals surface area contributed by atoms with Crippen molar-refractivity contribution in [3.05, 3.63) is 18.5 Å². The summed E-state index contributed by atoms with van der Waals surface area (Å²) in [5, 5.41) is 3.37. The standard InChI is InChI=1S/C19H31N5O/c25-18(9-14-23-12-4-2-1-3-5-13-23)24-15-7-17(8-16-24)22-19-20-10-6-11-21-19/h6,10-11,17H,1-5,7-9,12-16H2,(H,20,21,22). The molecule has 2 fully saturated rings. The van der Waals surface area contributed by atoms with Crippen LogP contribution < -0.4 is 5.32 Å². The van der Waals surface area contributed by atoms with Crippen LogP contribution in [0.3, 0.4) is 0 Å². The van der Waals surface area contributed by atoms with Crippen molar-refractivity contribution in [3.63, 3.8) is 0 Å². The fourth-order valence-electron chi connectivity index (χ4n) is 3.78. The van der Waals surface area contributed by atoms with Gasteiger partial charge in [-0.1, -0.05) is 19.3 Å². The van der Waals surface area contributed by atoms with Crippen LogP contribution in [0, 0.1) is 0 Å². The van der Waals surface area contributed by atoms with Crippen LogP contribution in [0.5, 0.6) is 0 Å². The maximum atomic E-state index is 12.5. The van der Waals surface area contributed by atoms with Crippen molar-refractivity contribution in [1.82, 2.24) is 19.8 Å². The molecule has 25 heavy (non-hydrogen) atoms. The minimum Gasteiger partial charge on any atom is -0.351 e. The average Bonchev–Trinajstić information content (AvgIpc) is 2.62. The summed E-state index contributed by atoms with van der Waals surface area (Å²) in [6.07, 6.45) is 12.7. The molecule has 1 aromatic heterocycles. The zero-order chi connectivity index (χ0) is 17.3. The molecule has 0 radical (unpaired) electrons. The van der Waals surface area contributed by atoms with E-state index in [0.717, 1.165) is 45.6 Å². The summed E-state index contributed by atoms with van der Waals surface area (Å²) in [5.74, 6) is 1.00. The van der Waals surface area contributed by atoms with Crippen LogP contribution in [0.1, 0.15) is 51.4 Å². The highest BCUT2D eigenvalue weighted by Gasteiger charge is 2.23. The fraction of sp³-hybridized carbons (Fsp3) is 0.737. The van der Waals surface area contributed by atoms with E-state index in [1.807, 2.05) is 11.0 Å². The lowest BCUT2D eigenvalue weighted by Gasteiger charge is -2.33. The van der Waals surface area contributed by atoms with Crippen LogP contribution >= 0.6 is 0 Å². The van der Waals surface area contributed by atoms with Crippen LogP contribution in [0.25, 0.3) is 0 Å². The van der Waals surface area contributed by atoms with Gasteiger partial charge >= 0.3 is 0 Å². The number of rotatable bonds is 5. The Labute approximate surface area is 151 Å². The van der Waals surface area contributed by atoms with Crippen molar-refractivity contribution in [2.24, 2.45) is 0 Å². The summed E-state index contributed by atoms with van der Waals surface area (Å²) in [6.45, 7) is 4.92. The molecular formula is C19H31N5O. The molecule has 0 spiro atoms. The summed E-state index contributed by atoms with van der Waals surface area (Å²) in [5.41, 5.74) is 0. The second-order valence-electron chi connectivity index (χ2n) is 7.23. The maximum Gasteiger partial charge on any atom is 0.223 e. The van der Waals surface area contributed by atoms with E-state index in [0.29, 0.717) is 24.3 Å². The Morgan fingerprint density at radius 2 is 1.64 bits per heavy atom. The first-order chi connectivity index (χ1) is 12.3. The van der Waals surface area contributed by atoms with Crippen LogP contribution in [0.4, 0.5) is 5.95 Å². The zero-order valence-corrected chi connectivity index (χ0v) is 15.2. The van der Waals surface area contributed by atoms with Gasteiger partial charge in [-0.15, -0.1) is 0 Å². The smallest absolute Gasteiger partial charge is 0.223 e. The predicted octanol–water partition coefficient (Wildman–Crippen LogP) is 2.54. The number of nitrogens with zero attached hydrogens (tertiary/aromatic N) is 4. The van der Waals surface area contributed by atoms with E-state index in [9.17, 15) is 4.79 Å². The quantitative estimate of drug-likeness (QED) is 0.888. The van der Waals surface area contributed by atoms with Gasteiger partial charge in [-0.3, -0.25) is 4.79 Å². The number of anilines is 1. The second kappa shape index (κ2) is 9.70. The Morgan fingerprint density at radius 3 is 2.32 bits per heavy atom. The largest absolute Gasteiger partial charge is 0.351 e. The van der Waals surface area contributed by atoms with Gasteiger partial charge in [-0.25, -0.2) is 9.97 Å². The van der Waals surface area contributed by atoms with Crippen LogP contribution in [-0.4, -0.2) is 64.4 Å². The fourth-order valence-corrected chi connectivity index (χ4v) is 3.78. The Kier molecular flexibility index (Phi) is 7.03. The molecular weight excluding hydrogens is 314 g/mol. The molecule has 0 saturated carbocycles. The van der Waals surface area contributed by atoms with Crippen molar-refractivity contribution in [2.45, 2.75) is 57.4 Å².